The summed E-state index contributed by atoms with van der Waals surface area (Å²) in [6, 6.07) is 5.18. The molecule has 20 heavy (non-hydrogen) atoms. The number of aromatic nitrogens is 2. The Morgan fingerprint density at radius 3 is 2.40 bits per heavy atom. The zero-order chi connectivity index (χ0) is 14.3. The van der Waals surface area contributed by atoms with Crippen molar-refractivity contribution in [2.24, 2.45) is 0 Å². The molecule has 0 spiro atoms. The van der Waals surface area contributed by atoms with Crippen LogP contribution in [0.4, 0.5) is 0 Å². The Kier molecular flexibility index (Phi) is 3.38. The van der Waals surface area contributed by atoms with Crippen LogP contribution in [0.25, 0.3) is 11.3 Å². The average molecular weight is 269 g/mol. The van der Waals surface area contributed by atoms with E-state index in [4.69, 9.17) is 4.98 Å². The number of hydrogen-bond acceptors (Lipinski definition) is 2. The maximum atomic E-state index is 4.81. The van der Waals surface area contributed by atoms with Gasteiger partial charge in [0.15, 0.2) is 0 Å². The molecule has 0 atom stereocenters. The molecule has 3 heteroatoms. The zero-order valence-electron chi connectivity index (χ0n) is 12.8. The largest absolute Gasteiger partial charge is 0.344 e. The number of nitrogens with zero attached hydrogens (tertiary/aromatic N) is 1. The maximum Gasteiger partial charge on any atom is 0.121 e. The van der Waals surface area contributed by atoms with Gasteiger partial charge in [0.1, 0.15) is 5.82 Å². The highest BCUT2D eigenvalue weighted by atomic mass is 15.0. The molecule has 2 N–H and O–H groups in total. The topological polar surface area (TPSA) is 40.7 Å². The van der Waals surface area contributed by atoms with Crippen LogP contribution >= 0.6 is 0 Å². The summed E-state index contributed by atoms with van der Waals surface area (Å²) in [5.74, 6) is 1.05. The number of benzene rings is 1. The van der Waals surface area contributed by atoms with Gasteiger partial charge in [0.25, 0.3) is 0 Å². The highest BCUT2D eigenvalue weighted by Crippen LogP contribution is 2.29. The van der Waals surface area contributed by atoms with Gasteiger partial charge in [0.2, 0.25) is 0 Å². The van der Waals surface area contributed by atoms with E-state index < -0.39 is 0 Å². The minimum atomic E-state index is 0.715. The SMILES string of the molecule is Cc1cc(C)c(-c2nc(CNC3CC3)[nH]c2C)c(C)c1. The van der Waals surface area contributed by atoms with Gasteiger partial charge in [0, 0.05) is 17.3 Å². The van der Waals surface area contributed by atoms with Crippen molar-refractivity contribution in [3.8, 4) is 11.3 Å². The summed E-state index contributed by atoms with van der Waals surface area (Å²) in [6.45, 7) is 9.44. The van der Waals surface area contributed by atoms with Crippen molar-refractivity contribution in [3.05, 3.63) is 40.3 Å². The Morgan fingerprint density at radius 1 is 1.15 bits per heavy atom. The molecule has 2 aromatic rings. The fourth-order valence-electron chi connectivity index (χ4n) is 2.93. The van der Waals surface area contributed by atoms with Gasteiger partial charge in [-0.15, -0.1) is 0 Å². The first-order chi connectivity index (χ1) is 9.54. The van der Waals surface area contributed by atoms with Gasteiger partial charge in [-0.25, -0.2) is 4.98 Å². The van der Waals surface area contributed by atoms with Crippen molar-refractivity contribution in [2.75, 3.05) is 0 Å². The number of aromatic amines is 1. The lowest BCUT2D eigenvalue weighted by atomic mass is 9.96. The van der Waals surface area contributed by atoms with Crippen molar-refractivity contribution in [1.82, 2.24) is 15.3 Å². The van der Waals surface area contributed by atoms with E-state index in [1.807, 2.05) is 0 Å². The predicted octanol–water partition coefficient (Wildman–Crippen LogP) is 3.56. The van der Waals surface area contributed by atoms with E-state index in [2.05, 4.69) is 50.1 Å². The van der Waals surface area contributed by atoms with Crippen LogP contribution < -0.4 is 5.32 Å². The second kappa shape index (κ2) is 5.06. The van der Waals surface area contributed by atoms with E-state index in [1.165, 1.54) is 35.1 Å². The second-order valence-corrected chi connectivity index (χ2v) is 6.09. The van der Waals surface area contributed by atoms with Gasteiger partial charge >= 0.3 is 0 Å². The summed E-state index contributed by atoms with van der Waals surface area (Å²) in [7, 11) is 0. The highest BCUT2D eigenvalue weighted by Gasteiger charge is 2.21. The Balaban J connectivity index is 1.93. The molecule has 1 aliphatic carbocycles. The van der Waals surface area contributed by atoms with E-state index in [-0.39, 0.29) is 0 Å². The Labute approximate surface area is 120 Å². The first kappa shape index (κ1) is 13.4. The molecule has 1 heterocycles. The number of rotatable bonds is 4. The van der Waals surface area contributed by atoms with Crippen molar-refractivity contribution in [2.45, 2.75) is 53.1 Å². The molecule has 106 valence electrons. The van der Waals surface area contributed by atoms with Crippen LogP contribution in [0, 0.1) is 27.7 Å². The third-order valence-electron chi connectivity index (χ3n) is 3.98. The van der Waals surface area contributed by atoms with Crippen LogP contribution in [-0.4, -0.2) is 16.0 Å². The number of nitrogens with one attached hydrogen (secondary N) is 2. The van der Waals surface area contributed by atoms with Crippen LogP contribution in [-0.2, 0) is 6.54 Å². The number of imidazole rings is 1. The van der Waals surface area contributed by atoms with Crippen molar-refractivity contribution in [1.29, 1.82) is 0 Å². The summed E-state index contributed by atoms with van der Waals surface area (Å²) in [6.07, 6.45) is 2.62. The number of H-pyrrole nitrogens is 1. The maximum absolute atomic E-state index is 4.81. The summed E-state index contributed by atoms with van der Waals surface area (Å²) in [5.41, 5.74) is 7.47. The van der Waals surface area contributed by atoms with Crippen LogP contribution in [0.2, 0.25) is 0 Å². The van der Waals surface area contributed by atoms with Gasteiger partial charge in [-0.05, 0) is 51.7 Å². The van der Waals surface area contributed by atoms with Crippen LogP contribution in [0.5, 0.6) is 0 Å². The van der Waals surface area contributed by atoms with E-state index in [0.717, 1.165) is 23.8 Å². The third-order valence-corrected chi connectivity index (χ3v) is 3.98. The number of aryl methyl sites for hydroxylation is 4. The first-order valence-electron chi connectivity index (χ1n) is 7.41. The van der Waals surface area contributed by atoms with Gasteiger partial charge < -0.3 is 10.3 Å². The molecule has 1 aromatic heterocycles. The second-order valence-electron chi connectivity index (χ2n) is 6.09. The molecule has 0 radical (unpaired) electrons. The zero-order valence-corrected chi connectivity index (χ0v) is 12.8. The lowest BCUT2D eigenvalue weighted by Gasteiger charge is -2.09. The molecule has 3 rings (SSSR count). The van der Waals surface area contributed by atoms with Crippen LogP contribution in [0.1, 0.15) is 41.1 Å². The van der Waals surface area contributed by atoms with E-state index >= 15 is 0 Å². The Bertz CT molecular complexity index is 613. The molecule has 1 aliphatic rings. The molecule has 1 saturated carbocycles. The van der Waals surface area contributed by atoms with Crippen LogP contribution in [0.15, 0.2) is 12.1 Å². The average Bonchev–Trinajstić information content (AvgIpc) is 3.11. The van der Waals surface area contributed by atoms with Gasteiger partial charge in [-0.2, -0.15) is 0 Å². The Hall–Kier alpha value is -1.61. The molecule has 0 aliphatic heterocycles. The van der Waals surface area contributed by atoms with Crippen molar-refractivity contribution >= 4 is 0 Å². The quantitative estimate of drug-likeness (QED) is 0.891. The molecular weight excluding hydrogens is 246 g/mol. The molecule has 1 aromatic carbocycles. The highest BCUT2D eigenvalue weighted by molar-refractivity contribution is 5.70. The fraction of sp³-hybridized carbons (Fsp3) is 0.471. The van der Waals surface area contributed by atoms with Crippen molar-refractivity contribution in [3.63, 3.8) is 0 Å². The molecule has 0 bridgehead atoms. The molecular formula is C17H23N3. The molecule has 0 unspecified atom stereocenters. The lowest BCUT2D eigenvalue weighted by Crippen LogP contribution is -2.16. The van der Waals surface area contributed by atoms with E-state index in [0.29, 0.717) is 6.04 Å². The summed E-state index contributed by atoms with van der Waals surface area (Å²) >= 11 is 0. The van der Waals surface area contributed by atoms with E-state index in [1.54, 1.807) is 0 Å². The first-order valence-corrected chi connectivity index (χ1v) is 7.41. The third kappa shape index (κ3) is 2.63. The summed E-state index contributed by atoms with van der Waals surface area (Å²) < 4.78 is 0. The van der Waals surface area contributed by atoms with Gasteiger partial charge in [-0.1, -0.05) is 17.7 Å². The Morgan fingerprint density at radius 2 is 1.80 bits per heavy atom. The predicted molar refractivity (Wildman–Crippen MR) is 82.8 cm³/mol. The van der Waals surface area contributed by atoms with Gasteiger partial charge in [-0.3, -0.25) is 0 Å². The fourth-order valence-corrected chi connectivity index (χ4v) is 2.93. The molecule has 0 amide bonds. The van der Waals surface area contributed by atoms with Crippen LogP contribution in [0.3, 0.4) is 0 Å². The molecule has 3 nitrogen and oxygen atoms in total. The van der Waals surface area contributed by atoms with E-state index in [9.17, 15) is 0 Å². The minimum absolute atomic E-state index is 0.715. The van der Waals surface area contributed by atoms with Crippen molar-refractivity contribution < 1.29 is 0 Å². The van der Waals surface area contributed by atoms with Gasteiger partial charge in [0.05, 0.1) is 12.2 Å². The normalized spacial score (nSPS) is 14.8. The smallest absolute Gasteiger partial charge is 0.121 e. The minimum Gasteiger partial charge on any atom is -0.344 e. The summed E-state index contributed by atoms with van der Waals surface area (Å²) in [4.78, 5) is 8.23. The molecule has 1 fully saturated rings. The monoisotopic (exact) mass is 269 g/mol. The summed E-state index contributed by atoms with van der Waals surface area (Å²) in [5, 5.41) is 3.51. The lowest BCUT2D eigenvalue weighted by molar-refractivity contribution is 0.663. The molecule has 0 saturated heterocycles. The number of hydrogen-bond donors (Lipinski definition) is 2. The standard InChI is InChI=1S/C17H23N3/c1-10-7-11(2)16(12(3)8-10)17-13(4)19-15(20-17)9-18-14-5-6-14/h7-8,14,18H,5-6,9H2,1-4H3,(H,19,20).